The van der Waals surface area contributed by atoms with Crippen LogP contribution in [0.5, 0.6) is 0 Å². The van der Waals surface area contributed by atoms with E-state index in [4.69, 9.17) is 0 Å². The monoisotopic (exact) mass is 409 g/mol. The van der Waals surface area contributed by atoms with E-state index in [1.54, 1.807) is 24.5 Å². The quantitative estimate of drug-likeness (QED) is 0.496. The molecule has 0 atom stereocenters. The molecule has 4 aromatic rings. The van der Waals surface area contributed by atoms with Crippen molar-refractivity contribution < 1.29 is 14.4 Å². The number of nitrogens with zero attached hydrogens (tertiary/aromatic N) is 2. The zero-order valence-electron chi connectivity index (χ0n) is 16.7. The van der Waals surface area contributed by atoms with Crippen LogP contribution in [-0.4, -0.2) is 34.2 Å². The summed E-state index contributed by atoms with van der Waals surface area (Å²) in [5, 5.41) is 6.36. The fourth-order valence-corrected chi connectivity index (χ4v) is 4.13. The summed E-state index contributed by atoms with van der Waals surface area (Å²) >= 11 is 0. The molecule has 0 radical (unpaired) electrons. The Morgan fingerprint density at radius 3 is 2.29 bits per heavy atom. The lowest BCUT2D eigenvalue weighted by atomic mass is 9.94. The Bertz CT molecular complexity index is 1310. The van der Waals surface area contributed by atoms with Gasteiger partial charge in [-0.25, -0.2) is 0 Å². The predicted octanol–water partition coefficient (Wildman–Crippen LogP) is 4.40. The van der Waals surface area contributed by atoms with Crippen molar-refractivity contribution in [3.05, 3.63) is 84.2 Å². The predicted molar refractivity (Wildman–Crippen MR) is 119 cm³/mol. The van der Waals surface area contributed by atoms with Gasteiger partial charge in [0.05, 0.1) is 0 Å². The molecule has 1 aromatic heterocycles. The summed E-state index contributed by atoms with van der Waals surface area (Å²) in [6.07, 6.45) is 4.01. The van der Waals surface area contributed by atoms with Crippen LogP contribution in [-0.2, 0) is 4.79 Å². The van der Waals surface area contributed by atoms with Crippen molar-refractivity contribution in [2.45, 2.75) is 12.8 Å². The first-order chi connectivity index (χ1) is 15.1. The third kappa shape index (κ3) is 3.32. The van der Waals surface area contributed by atoms with Gasteiger partial charge in [-0.05, 0) is 36.1 Å². The van der Waals surface area contributed by atoms with Gasteiger partial charge in [-0.3, -0.25) is 24.3 Å². The number of pyridine rings is 1. The Labute approximate surface area is 178 Å². The van der Waals surface area contributed by atoms with Crippen molar-refractivity contribution in [2.24, 2.45) is 0 Å². The first-order valence-corrected chi connectivity index (χ1v) is 10.1. The Balaban J connectivity index is 1.28. The average Bonchev–Trinajstić information content (AvgIpc) is 2.80. The summed E-state index contributed by atoms with van der Waals surface area (Å²) in [4.78, 5) is 43.7. The van der Waals surface area contributed by atoms with E-state index < -0.39 is 0 Å². The van der Waals surface area contributed by atoms with E-state index in [1.807, 2.05) is 48.5 Å². The molecule has 152 valence electrons. The number of fused-ring (bicyclic) bond motifs is 1. The van der Waals surface area contributed by atoms with Crippen LogP contribution < -0.4 is 5.32 Å². The molecule has 1 N–H and O–H groups in total. The molecular formula is C25H19N3O3. The number of anilines is 1. The Morgan fingerprint density at radius 1 is 0.871 bits per heavy atom. The van der Waals surface area contributed by atoms with Crippen LogP contribution in [0.3, 0.4) is 0 Å². The molecule has 1 aliphatic rings. The first kappa shape index (κ1) is 18.9. The van der Waals surface area contributed by atoms with E-state index in [9.17, 15) is 14.4 Å². The number of amides is 3. The number of nitrogens with one attached hydrogen (secondary N) is 1. The molecule has 5 rings (SSSR count). The van der Waals surface area contributed by atoms with Crippen LogP contribution in [0.25, 0.3) is 21.5 Å². The molecule has 3 aromatic carbocycles. The second-order valence-electron chi connectivity index (χ2n) is 7.53. The number of benzene rings is 3. The van der Waals surface area contributed by atoms with E-state index >= 15 is 0 Å². The minimum absolute atomic E-state index is 0.163. The summed E-state index contributed by atoms with van der Waals surface area (Å²) in [5.74, 6) is -0.781. The van der Waals surface area contributed by atoms with Gasteiger partial charge >= 0.3 is 0 Å². The molecule has 31 heavy (non-hydrogen) atoms. The van der Waals surface area contributed by atoms with Gasteiger partial charge in [-0.2, -0.15) is 0 Å². The second kappa shape index (κ2) is 7.65. The lowest BCUT2D eigenvalue weighted by Gasteiger charge is -2.27. The third-order valence-corrected chi connectivity index (χ3v) is 5.60. The minimum atomic E-state index is -0.309. The number of carbonyl (C=O) groups is 3. The number of aromatic nitrogens is 1. The Morgan fingerprint density at radius 2 is 1.55 bits per heavy atom. The molecule has 0 saturated carbocycles. The molecule has 0 saturated heterocycles. The van der Waals surface area contributed by atoms with Gasteiger partial charge in [0, 0.05) is 58.3 Å². The van der Waals surface area contributed by atoms with Crippen LogP contribution in [0.4, 0.5) is 5.69 Å². The van der Waals surface area contributed by atoms with E-state index in [0.717, 1.165) is 21.8 Å². The largest absolute Gasteiger partial charge is 0.326 e. The SMILES string of the molecule is O=C(CCCN1C(=O)c2cccc3cccc(c23)C1=O)Nc1cccc2cnccc12. The summed E-state index contributed by atoms with van der Waals surface area (Å²) in [6, 6.07) is 18.4. The van der Waals surface area contributed by atoms with Crippen molar-refractivity contribution in [3.8, 4) is 0 Å². The number of carbonyl (C=O) groups excluding carboxylic acids is 3. The lowest BCUT2D eigenvalue weighted by Crippen LogP contribution is -2.41. The van der Waals surface area contributed by atoms with Crippen molar-refractivity contribution in [1.29, 1.82) is 0 Å². The van der Waals surface area contributed by atoms with Gasteiger partial charge in [0.1, 0.15) is 0 Å². The second-order valence-corrected chi connectivity index (χ2v) is 7.53. The van der Waals surface area contributed by atoms with Crippen LogP contribution in [0.15, 0.2) is 73.1 Å². The number of imide groups is 1. The third-order valence-electron chi connectivity index (χ3n) is 5.60. The molecule has 0 aliphatic carbocycles. The van der Waals surface area contributed by atoms with Crippen molar-refractivity contribution in [2.75, 3.05) is 11.9 Å². The highest BCUT2D eigenvalue weighted by Crippen LogP contribution is 2.30. The lowest BCUT2D eigenvalue weighted by molar-refractivity contribution is -0.116. The topological polar surface area (TPSA) is 79.4 Å². The van der Waals surface area contributed by atoms with Crippen molar-refractivity contribution >= 4 is 45.0 Å². The fraction of sp³-hybridized carbons (Fsp3) is 0.120. The average molecular weight is 409 g/mol. The smallest absolute Gasteiger partial charge is 0.261 e. The molecule has 6 nitrogen and oxygen atoms in total. The normalized spacial score (nSPS) is 13.1. The molecule has 0 bridgehead atoms. The summed E-state index contributed by atoms with van der Waals surface area (Å²) < 4.78 is 0. The summed E-state index contributed by atoms with van der Waals surface area (Å²) in [6.45, 7) is 0.190. The highest BCUT2D eigenvalue weighted by atomic mass is 16.2. The highest BCUT2D eigenvalue weighted by Gasteiger charge is 2.32. The zero-order valence-corrected chi connectivity index (χ0v) is 16.7. The van der Waals surface area contributed by atoms with Crippen LogP contribution in [0, 0.1) is 0 Å². The fourth-order valence-electron chi connectivity index (χ4n) is 4.13. The molecule has 0 unspecified atom stereocenters. The van der Waals surface area contributed by atoms with Crippen LogP contribution in [0.2, 0.25) is 0 Å². The molecular weight excluding hydrogens is 390 g/mol. The van der Waals surface area contributed by atoms with E-state index in [-0.39, 0.29) is 30.7 Å². The maximum Gasteiger partial charge on any atom is 0.261 e. The molecule has 1 aliphatic heterocycles. The molecule has 0 spiro atoms. The van der Waals surface area contributed by atoms with Crippen molar-refractivity contribution in [1.82, 2.24) is 9.88 Å². The van der Waals surface area contributed by atoms with Gasteiger partial charge in [-0.15, -0.1) is 0 Å². The zero-order chi connectivity index (χ0) is 21.4. The maximum absolute atomic E-state index is 12.9. The summed E-state index contributed by atoms with van der Waals surface area (Å²) in [7, 11) is 0. The van der Waals surface area contributed by atoms with Crippen LogP contribution in [0.1, 0.15) is 33.6 Å². The standard InChI is InChI=1S/C25H19N3O3/c29-22(27-21-10-3-7-17-15-26-13-12-18(17)21)11-4-14-28-24(30)19-8-1-5-16-6-2-9-20(23(16)19)25(28)31/h1-3,5-10,12-13,15H,4,11,14H2,(H,27,29). The summed E-state index contributed by atoms with van der Waals surface area (Å²) in [5.41, 5.74) is 1.78. The number of hydrogen-bond acceptors (Lipinski definition) is 4. The van der Waals surface area contributed by atoms with E-state index in [2.05, 4.69) is 10.3 Å². The maximum atomic E-state index is 12.9. The number of rotatable bonds is 5. The molecule has 0 fully saturated rings. The van der Waals surface area contributed by atoms with Crippen LogP contribution >= 0.6 is 0 Å². The Hall–Kier alpha value is -4.06. The number of hydrogen-bond donors (Lipinski definition) is 1. The van der Waals surface area contributed by atoms with Gasteiger partial charge in [-0.1, -0.05) is 36.4 Å². The van der Waals surface area contributed by atoms with Gasteiger partial charge < -0.3 is 5.32 Å². The van der Waals surface area contributed by atoms with Crippen molar-refractivity contribution in [3.63, 3.8) is 0 Å². The van der Waals surface area contributed by atoms with E-state index in [0.29, 0.717) is 22.9 Å². The molecule has 6 heteroatoms. The van der Waals surface area contributed by atoms with Gasteiger partial charge in [0.2, 0.25) is 5.91 Å². The van der Waals surface area contributed by atoms with E-state index in [1.165, 1.54) is 4.90 Å². The minimum Gasteiger partial charge on any atom is -0.326 e. The highest BCUT2D eigenvalue weighted by molar-refractivity contribution is 6.25. The Kier molecular flexibility index (Phi) is 4.67. The first-order valence-electron chi connectivity index (χ1n) is 10.1. The molecule has 3 amide bonds. The van der Waals surface area contributed by atoms with Gasteiger partial charge in [0.25, 0.3) is 11.8 Å². The molecule has 2 heterocycles. The van der Waals surface area contributed by atoms with Gasteiger partial charge in [0.15, 0.2) is 0 Å².